The molecule has 2 rings (SSSR count). The van der Waals surface area contributed by atoms with Gasteiger partial charge in [-0.3, -0.25) is 0 Å². The molecule has 0 saturated carbocycles. The highest BCUT2D eigenvalue weighted by Crippen LogP contribution is 2.39. The van der Waals surface area contributed by atoms with Gasteiger partial charge >= 0.3 is 0 Å². The SMILES string of the molecule is N#Cc1[nH]c(N)c(-c2ccc(CO)c(CO)c2CO)c1Cl. The standard InChI is InChI=1S/C14H14ClN3O3/c15-13-11(3-16)18-14(17)12(13)8-2-1-7(4-19)9(5-20)10(8)6-21/h1-2,18-21H,4-6,17H2. The number of halogens is 1. The lowest BCUT2D eigenvalue weighted by Gasteiger charge is -2.15. The Bertz CT molecular complexity index is 719. The van der Waals surface area contributed by atoms with Crippen LogP contribution in [0.4, 0.5) is 5.82 Å². The Kier molecular flexibility index (Phi) is 4.50. The second kappa shape index (κ2) is 6.16. The molecule has 0 saturated heterocycles. The minimum absolute atomic E-state index is 0.129. The number of rotatable bonds is 4. The van der Waals surface area contributed by atoms with Crippen LogP contribution in [0.1, 0.15) is 22.4 Å². The van der Waals surface area contributed by atoms with Gasteiger partial charge in [0.2, 0.25) is 0 Å². The number of hydrogen-bond donors (Lipinski definition) is 5. The Morgan fingerprint density at radius 1 is 1.14 bits per heavy atom. The van der Waals surface area contributed by atoms with E-state index in [9.17, 15) is 15.3 Å². The first-order valence-corrected chi connectivity index (χ1v) is 6.50. The van der Waals surface area contributed by atoms with Crippen LogP contribution in [0.2, 0.25) is 5.02 Å². The highest BCUT2D eigenvalue weighted by molar-refractivity contribution is 6.35. The monoisotopic (exact) mass is 307 g/mol. The maximum Gasteiger partial charge on any atom is 0.138 e. The van der Waals surface area contributed by atoms with Gasteiger partial charge in [-0.2, -0.15) is 5.26 Å². The zero-order valence-corrected chi connectivity index (χ0v) is 11.8. The number of nitriles is 1. The third-order valence-electron chi connectivity index (χ3n) is 3.36. The summed E-state index contributed by atoms with van der Waals surface area (Å²) < 4.78 is 0. The lowest BCUT2D eigenvalue weighted by atomic mass is 9.93. The summed E-state index contributed by atoms with van der Waals surface area (Å²) in [5.74, 6) is 0.201. The summed E-state index contributed by atoms with van der Waals surface area (Å²) in [4.78, 5) is 2.67. The lowest BCUT2D eigenvalue weighted by molar-refractivity contribution is 0.248. The van der Waals surface area contributed by atoms with Crippen LogP contribution in [-0.4, -0.2) is 20.3 Å². The molecule has 21 heavy (non-hydrogen) atoms. The summed E-state index contributed by atoms with van der Waals surface area (Å²) in [5.41, 5.74) is 8.24. The van der Waals surface area contributed by atoms with E-state index in [4.69, 9.17) is 22.6 Å². The molecule has 6 N–H and O–H groups in total. The van der Waals surface area contributed by atoms with Gasteiger partial charge in [-0.05, 0) is 22.3 Å². The van der Waals surface area contributed by atoms with E-state index in [2.05, 4.69) is 4.98 Å². The number of nitrogens with one attached hydrogen (secondary N) is 1. The van der Waals surface area contributed by atoms with Crippen LogP contribution >= 0.6 is 11.6 Å². The van der Waals surface area contributed by atoms with Gasteiger partial charge in [0, 0.05) is 5.56 Å². The average molecular weight is 308 g/mol. The van der Waals surface area contributed by atoms with Crippen LogP contribution in [0.25, 0.3) is 11.1 Å². The summed E-state index contributed by atoms with van der Waals surface area (Å²) in [6, 6.07) is 5.16. The predicted molar refractivity (Wildman–Crippen MR) is 78.1 cm³/mol. The normalized spacial score (nSPS) is 10.6. The highest BCUT2D eigenvalue weighted by atomic mass is 35.5. The molecule has 1 aromatic heterocycles. The number of aliphatic hydroxyl groups excluding tert-OH is 3. The number of aromatic amines is 1. The number of H-pyrrole nitrogens is 1. The zero-order chi connectivity index (χ0) is 15.6. The topological polar surface area (TPSA) is 126 Å². The van der Waals surface area contributed by atoms with Crippen molar-refractivity contribution in [1.29, 1.82) is 5.26 Å². The predicted octanol–water partition coefficient (Wildman–Crippen LogP) is 1.27. The molecular weight excluding hydrogens is 294 g/mol. The molecule has 0 amide bonds. The van der Waals surface area contributed by atoms with E-state index in [-0.39, 0.29) is 36.4 Å². The Morgan fingerprint density at radius 2 is 1.81 bits per heavy atom. The van der Waals surface area contributed by atoms with Gasteiger partial charge < -0.3 is 26.0 Å². The van der Waals surface area contributed by atoms with Crippen LogP contribution in [0.3, 0.4) is 0 Å². The zero-order valence-electron chi connectivity index (χ0n) is 11.0. The van der Waals surface area contributed by atoms with Gasteiger partial charge in [0.15, 0.2) is 0 Å². The third kappa shape index (κ3) is 2.48. The molecule has 0 aliphatic heterocycles. The van der Waals surface area contributed by atoms with E-state index < -0.39 is 0 Å². The second-order valence-electron chi connectivity index (χ2n) is 4.42. The molecule has 0 atom stereocenters. The van der Waals surface area contributed by atoms with E-state index in [1.807, 2.05) is 6.07 Å². The van der Waals surface area contributed by atoms with Gasteiger partial charge in [-0.25, -0.2) is 0 Å². The van der Waals surface area contributed by atoms with Crippen molar-refractivity contribution in [1.82, 2.24) is 4.98 Å². The third-order valence-corrected chi connectivity index (χ3v) is 3.74. The fraction of sp³-hybridized carbons (Fsp3) is 0.214. The van der Waals surface area contributed by atoms with Crippen LogP contribution in [0.5, 0.6) is 0 Å². The summed E-state index contributed by atoms with van der Waals surface area (Å²) in [5, 5.41) is 37.5. The Labute approximate surface area is 126 Å². The molecule has 0 aliphatic rings. The largest absolute Gasteiger partial charge is 0.392 e. The van der Waals surface area contributed by atoms with Gasteiger partial charge in [0.1, 0.15) is 17.6 Å². The molecule has 1 aromatic carbocycles. The van der Waals surface area contributed by atoms with Crippen molar-refractivity contribution in [2.45, 2.75) is 19.8 Å². The average Bonchev–Trinajstić information content (AvgIpc) is 2.79. The molecule has 0 aliphatic carbocycles. The van der Waals surface area contributed by atoms with E-state index in [0.717, 1.165) is 0 Å². The van der Waals surface area contributed by atoms with E-state index in [0.29, 0.717) is 27.8 Å². The number of benzene rings is 1. The number of aliphatic hydroxyl groups is 3. The van der Waals surface area contributed by atoms with Gasteiger partial charge in [-0.1, -0.05) is 23.7 Å². The molecular formula is C14H14ClN3O3. The molecule has 1 heterocycles. The van der Waals surface area contributed by atoms with Crippen molar-refractivity contribution < 1.29 is 15.3 Å². The summed E-state index contributed by atoms with van der Waals surface area (Å²) >= 11 is 6.14. The molecule has 110 valence electrons. The van der Waals surface area contributed by atoms with Gasteiger partial charge in [0.05, 0.1) is 24.8 Å². The summed E-state index contributed by atoms with van der Waals surface area (Å²) in [6.45, 7) is -0.961. The minimum Gasteiger partial charge on any atom is -0.392 e. The van der Waals surface area contributed by atoms with Crippen molar-refractivity contribution >= 4 is 17.4 Å². The molecule has 0 radical (unpaired) electrons. The number of nitrogens with two attached hydrogens (primary N) is 1. The van der Waals surface area contributed by atoms with Crippen LogP contribution in [-0.2, 0) is 19.8 Å². The van der Waals surface area contributed by atoms with Crippen LogP contribution < -0.4 is 5.73 Å². The minimum atomic E-state index is -0.359. The van der Waals surface area contributed by atoms with Crippen molar-refractivity contribution in [2.75, 3.05) is 5.73 Å². The molecule has 2 aromatic rings. The molecule has 0 spiro atoms. The maximum absolute atomic E-state index is 9.61. The first-order valence-electron chi connectivity index (χ1n) is 6.12. The molecule has 6 nitrogen and oxygen atoms in total. The van der Waals surface area contributed by atoms with E-state index in [1.165, 1.54) is 0 Å². The summed E-state index contributed by atoms with van der Waals surface area (Å²) in [6.07, 6.45) is 0. The first-order chi connectivity index (χ1) is 10.1. The number of aromatic nitrogens is 1. The Balaban J connectivity index is 2.76. The summed E-state index contributed by atoms with van der Waals surface area (Å²) in [7, 11) is 0. The van der Waals surface area contributed by atoms with Crippen LogP contribution in [0, 0.1) is 11.3 Å². The van der Waals surface area contributed by atoms with Gasteiger partial charge in [-0.15, -0.1) is 0 Å². The molecule has 0 bridgehead atoms. The highest BCUT2D eigenvalue weighted by Gasteiger charge is 2.21. The van der Waals surface area contributed by atoms with Crippen LogP contribution in [0.15, 0.2) is 12.1 Å². The maximum atomic E-state index is 9.61. The molecule has 0 fully saturated rings. The van der Waals surface area contributed by atoms with Crippen molar-refractivity contribution in [3.63, 3.8) is 0 Å². The van der Waals surface area contributed by atoms with Crippen molar-refractivity contribution in [3.05, 3.63) is 39.5 Å². The number of anilines is 1. The van der Waals surface area contributed by atoms with E-state index >= 15 is 0 Å². The fourth-order valence-corrected chi connectivity index (χ4v) is 2.63. The van der Waals surface area contributed by atoms with Crippen molar-refractivity contribution in [2.24, 2.45) is 0 Å². The Morgan fingerprint density at radius 3 is 2.29 bits per heavy atom. The van der Waals surface area contributed by atoms with Gasteiger partial charge in [0.25, 0.3) is 0 Å². The molecule has 7 heteroatoms. The number of nitrogen functional groups attached to an aromatic ring is 1. The fourth-order valence-electron chi connectivity index (χ4n) is 2.34. The lowest BCUT2D eigenvalue weighted by Crippen LogP contribution is -2.03. The smallest absolute Gasteiger partial charge is 0.138 e. The number of nitrogens with zero attached hydrogens (tertiary/aromatic N) is 1. The quantitative estimate of drug-likeness (QED) is 0.581. The van der Waals surface area contributed by atoms with E-state index in [1.54, 1.807) is 12.1 Å². The van der Waals surface area contributed by atoms with Crippen molar-refractivity contribution in [3.8, 4) is 17.2 Å². The second-order valence-corrected chi connectivity index (χ2v) is 4.80. The molecule has 0 unspecified atom stereocenters. The first kappa shape index (κ1) is 15.4. The Hall–Kier alpha value is -2.04. The number of hydrogen-bond acceptors (Lipinski definition) is 5.